The van der Waals surface area contributed by atoms with Crippen LogP contribution in [0.5, 0.6) is 0 Å². The predicted octanol–water partition coefficient (Wildman–Crippen LogP) is 7.21. The third kappa shape index (κ3) is 6.05. The van der Waals surface area contributed by atoms with Crippen molar-refractivity contribution >= 4 is 33.3 Å². The lowest BCUT2D eigenvalue weighted by Crippen LogP contribution is -2.34. The third-order valence-electron chi connectivity index (χ3n) is 4.92. The molecule has 0 aliphatic rings. The first-order chi connectivity index (χ1) is 14.7. The van der Waals surface area contributed by atoms with Crippen LogP contribution in [-0.4, -0.2) is 30.3 Å². The second-order valence-corrected chi connectivity index (χ2v) is 9.73. The molecule has 3 aromatic rings. The Kier molecular flexibility index (Phi) is 7.34. The van der Waals surface area contributed by atoms with Crippen molar-refractivity contribution in [2.24, 2.45) is 0 Å². The molecule has 0 saturated carbocycles. The summed E-state index contributed by atoms with van der Waals surface area (Å²) in [5.74, 6) is 0. The summed E-state index contributed by atoms with van der Waals surface area (Å²) < 4.78 is 12.5. The van der Waals surface area contributed by atoms with E-state index in [4.69, 9.17) is 14.5 Å². The number of fused-ring (bicyclic) bond motifs is 1. The van der Waals surface area contributed by atoms with Gasteiger partial charge in [-0.15, -0.1) is 11.3 Å². The number of hydrogen-bond donors (Lipinski definition) is 0. The van der Waals surface area contributed by atoms with Crippen molar-refractivity contribution < 1.29 is 14.3 Å². The summed E-state index contributed by atoms with van der Waals surface area (Å²) in [6, 6.07) is 14.2. The second-order valence-electron chi connectivity index (χ2n) is 8.70. The number of thiazole rings is 1. The fourth-order valence-electron chi connectivity index (χ4n) is 3.08. The Hall–Kier alpha value is -2.44. The molecule has 2 aromatic carbocycles. The van der Waals surface area contributed by atoms with Gasteiger partial charge in [-0.05, 0) is 76.1 Å². The molecule has 0 bridgehead atoms. The van der Waals surface area contributed by atoms with Crippen molar-refractivity contribution in [2.45, 2.75) is 59.2 Å². The van der Waals surface area contributed by atoms with Crippen molar-refractivity contribution in [3.63, 3.8) is 0 Å². The Morgan fingerprint density at radius 3 is 2.52 bits per heavy atom. The lowest BCUT2D eigenvalue weighted by molar-refractivity contribution is 0.0589. The summed E-state index contributed by atoms with van der Waals surface area (Å²) in [6.07, 6.45) is 1.92. The van der Waals surface area contributed by atoms with E-state index in [0.29, 0.717) is 0 Å². The fraction of sp³-hybridized carbons (Fsp3) is 0.440. The molecule has 0 radical (unpaired) electrons. The smallest absolute Gasteiger partial charge is 0.414 e. The summed E-state index contributed by atoms with van der Waals surface area (Å²) >= 11 is 1.67. The topological polar surface area (TPSA) is 51.7 Å². The van der Waals surface area contributed by atoms with Gasteiger partial charge in [-0.1, -0.05) is 19.4 Å². The molecule has 1 unspecified atom stereocenters. The number of unbranched alkanes of at least 4 members (excludes halogenated alkanes) is 1. The van der Waals surface area contributed by atoms with E-state index >= 15 is 0 Å². The van der Waals surface area contributed by atoms with E-state index in [9.17, 15) is 4.79 Å². The first kappa shape index (κ1) is 23.2. The van der Waals surface area contributed by atoms with Gasteiger partial charge in [0, 0.05) is 24.9 Å². The predicted molar refractivity (Wildman–Crippen MR) is 129 cm³/mol. The zero-order chi connectivity index (χ0) is 22.6. The van der Waals surface area contributed by atoms with Crippen LogP contribution in [0.1, 0.15) is 59.1 Å². The lowest BCUT2D eigenvalue weighted by Gasteiger charge is -2.24. The molecule has 0 saturated heterocycles. The molecule has 6 heteroatoms. The fourth-order valence-corrected chi connectivity index (χ4v) is 4.10. The van der Waals surface area contributed by atoms with Gasteiger partial charge in [0.2, 0.25) is 0 Å². The minimum absolute atomic E-state index is 0.0733. The first-order valence-electron chi connectivity index (χ1n) is 10.8. The van der Waals surface area contributed by atoms with Crippen LogP contribution in [0.3, 0.4) is 0 Å². The Balaban J connectivity index is 1.75. The molecular formula is C25H32N2O3S. The number of ether oxygens (including phenoxy) is 2. The highest BCUT2D eigenvalue weighted by molar-refractivity contribution is 7.21. The highest BCUT2D eigenvalue weighted by Crippen LogP contribution is 2.33. The number of nitrogens with zero attached hydrogens (tertiary/aromatic N) is 2. The SMILES string of the molecule is CCCCOC(C)c1ccc2nc(-c3ccc(N(C)C(=O)OC(C)(C)C)cc3)sc2c1. The number of aromatic nitrogens is 1. The Labute approximate surface area is 189 Å². The molecule has 5 nitrogen and oxygen atoms in total. The van der Waals surface area contributed by atoms with Crippen LogP contribution in [0.15, 0.2) is 42.5 Å². The number of hydrogen-bond acceptors (Lipinski definition) is 5. The zero-order valence-electron chi connectivity index (χ0n) is 19.3. The molecule has 1 heterocycles. The molecule has 3 rings (SSSR count). The Morgan fingerprint density at radius 1 is 1.16 bits per heavy atom. The van der Waals surface area contributed by atoms with Gasteiger partial charge in [0.25, 0.3) is 0 Å². The minimum Gasteiger partial charge on any atom is -0.443 e. The number of carbonyl (C=O) groups is 1. The summed E-state index contributed by atoms with van der Waals surface area (Å²) in [4.78, 5) is 18.6. The van der Waals surface area contributed by atoms with Gasteiger partial charge in [0.05, 0.1) is 16.3 Å². The Bertz CT molecular complexity index is 1020. The van der Waals surface area contributed by atoms with Crippen molar-refractivity contribution in [2.75, 3.05) is 18.6 Å². The number of benzene rings is 2. The molecule has 0 fully saturated rings. The largest absolute Gasteiger partial charge is 0.443 e. The van der Waals surface area contributed by atoms with E-state index in [0.717, 1.165) is 45.9 Å². The van der Waals surface area contributed by atoms with E-state index in [-0.39, 0.29) is 12.2 Å². The van der Waals surface area contributed by atoms with Gasteiger partial charge >= 0.3 is 6.09 Å². The molecule has 0 spiro atoms. The monoisotopic (exact) mass is 440 g/mol. The summed E-state index contributed by atoms with van der Waals surface area (Å²) in [7, 11) is 1.71. The number of rotatable bonds is 7. The van der Waals surface area contributed by atoms with Gasteiger partial charge in [-0.2, -0.15) is 0 Å². The first-order valence-corrected chi connectivity index (χ1v) is 11.6. The van der Waals surface area contributed by atoms with Crippen LogP contribution in [0.25, 0.3) is 20.8 Å². The molecular weight excluding hydrogens is 408 g/mol. The molecule has 0 aliphatic carbocycles. The second kappa shape index (κ2) is 9.79. The van der Waals surface area contributed by atoms with Crippen LogP contribution >= 0.6 is 11.3 Å². The maximum absolute atomic E-state index is 12.3. The summed E-state index contributed by atoms with van der Waals surface area (Å²) in [6.45, 7) is 10.6. The van der Waals surface area contributed by atoms with E-state index in [1.807, 2.05) is 45.0 Å². The lowest BCUT2D eigenvalue weighted by atomic mass is 10.1. The molecule has 1 atom stereocenters. The molecule has 1 aromatic heterocycles. The molecule has 0 N–H and O–H groups in total. The highest BCUT2D eigenvalue weighted by atomic mass is 32.1. The third-order valence-corrected chi connectivity index (χ3v) is 5.98. The van der Waals surface area contributed by atoms with Crippen molar-refractivity contribution in [3.8, 4) is 10.6 Å². The maximum Gasteiger partial charge on any atom is 0.414 e. The van der Waals surface area contributed by atoms with E-state index < -0.39 is 5.60 Å². The van der Waals surface area contributed by atoms with E-state index in [2.05, 4.69) is 32.0 Å². The van der Waals surface area contributed by atoms with Crippen LogP contribution < -0.4 is 4.90 Å². The quantitative estimate of drug-likeness (QED) is 0.364. The maximum atomic E-state index is 12.3. The number of carbonyl (C=O) groups excluding carboxylic acids is 1. The number of anilines is 1. The van der Waals surface area contributed by atoms with E-state index in [1.54, 1.807) is 18.4 Å². The normalized spacial score (nSPS) is 12.7. The minimum atomic E-state index is -0.524. The highest BCUT2D eigenvalue weighted by Gasteiger charge is 2.20. The summed E-state index contributed by atoms with van der Waals surface area (Å²) in [5, 5.41) is 0.957. The van der Waals surface area contributed by atoms with Gasteiger partial charge < -0.3 is 9.47 Å². The average molecular weight is 441 g/mol. The number of amides is 1. The molecule has 166 valence electrons. The van der Waals surface area contributed by atoms with Crippen LogP contribution in [0.4, 0.5) is 10.5 Å². The van der Waals surface area contributed by atoms with Gasteiger partial charge in [0.1, 0.15) is 10.6 Å². The molecule has 31 heavy (non-hydrogen) atoms. The van der Waals surface area contributed by atoms with Crippen LogP contribution in [0, 0.1) is 0 Å². The van der Waals surface area contributed by atoms with Crippen molar-refractivity contribution in [1.29, 1.82) is 0 Å². The van der Waals surface area contributed by atoms with E-state index in [1.165, 1.54) is 10.5 Å². The molecule has 1 amide bonds. The Morgan fingerprint density at radius 2 is 1.87 bits per heavy atom. The zero-order valence-corrected chi connectivity index (χ0v) is 20.1. The molecule has 0 aliphatic heterocycles. The summed E-state index contributed by atoms with van der Waals surface area (Å²) in [5.41, 5.74) is 3.44. The average Bonchev–Trinajstić information content (AvgIpc) is 3.15. The van der Waals surface area contributed by atoms with Gasteiger partial charge in [-0.3, -0.25) is 4.90 Å². The van der Waals surface area contributed by atoms with Crippen LogP contribution in [-0.2, 0) is 9.47 Å². The van der Waals surface area contributed by atoms with Gasteiger partial charge in [-0.25, -0.2) is 9.78 Å². The van der Waals surface area contributed by atoms with Crippen LogP contribution in [0.2, 0.25) is 0 Å². The standard InChI is InChI=1S/C25H32N2O3S/c1-7-8-15-29-17(2)19-11-14-21-22(16-19)31-23(26-21)18-9-12-20(13-10-18)27(6)24(28)30-25(3,4)5/h9-14,16-17H,7-8,15H2,1-6H3. The van der Waals surface area contributed by atoms with Crippen molar-refractivity contribution in [3.05, 3.63) is 48.0 Å². The van der Waals surface area contributed by atoms with Gasteiger partial charge in [0.15, 0.2) is 0 Å². The van der Waals surface area contributed by atoms with Crippen molar-refractivity contribution in [1.82, 2.24) is 4.98 Å².